The summed E-state index contributed by atoms with van der Waals surface area (Å²) in [6.45, 7) is 5.00. The van der Waals surface area contributed by atoms with Crippen molar-refractivity contribution in [3.05, 3.63) is 94.5 Å². The first-order chi connectivity index (χ1) is 18.0. The number of para-hydroxylation sites is 1. The molecule has 0 spiro atoms. The lowest BCUT2D eigenvalue weighted by Crippen LogP contribution is -2.52. The lowest BCUT2D eigenvalue weighted by atomic mass is 10.1. The summed E-state index contributed by atoms with van der Waals surface area (Å²) >= 11 is 12.1. The van der Waals surface area contributed by atoms with Crippen molar-refractivity contribution in [2.24, 2.45) is 0 Å². The van der Waals surface area contributed by atoms with Crippen molar-refractivity contribution in [2.75, 3.05) is 10.8 Å². The third-order valence-electron chi connectivity index (χ3n) is 6.13. The van der Waals surface area contributed by atoms with Crippen molar-refractivity contribution in [3.63, 3.8) is 0 Å². The molecule has 38 heavy (non-hydrogen) atoms. The van der Waals surface area contributed by atoms with Gasteiger partial charge < -0.3 is 10.2 Å². The van der Waals surface area contributed by atoms with Gasteiger partial charge in [0.05, 0.1) is 10.6 Å². The van der Waals surface area contributed by atoms with Crippen LogP contribution in [0.4, 0.5) is 5.69 Å². The summed E-state index contributed by atoms with van der Waals surface area (Å²) in [5.74, 6) is -0.875. The monoisotopic (exact) mass is 575 g/mol. The van der Waals surface area contributed by atoms with Crippen LogP contribution >= 0.6 is 23.2 Å². The van der Waals surface area contributed by atoms with Gasteiger partial charge in [0.1, 0.15) is 12.6 Å². The zero-order chi connectivity index (χ0) is 27.9. The number of halogens is 2. The van der Waals surface area contributed by atoms with E-state index in [1.165, 1.54) is 29.2 Å². The molecule has 3 aromatic carbocycles. The Bertz CT molecular complexity index is 1350. The number of benzene rings is 3. The second-order valence-electron chi connectivity index (χ2n) is 8.95. The Morgan fingerprint density at radius 1 is 0.895 bits per heavy atom. The van der Waals surface area contributed by atoms with E-state index in [2.05, 4.69) is 5.32 Å². The van der Waals surface area contributed by atoms with Crippen LogP contribution in [0.2, 0.25) is 10.0 Å². The van der Waals surface area contributed by atoms with E-state index in [1.54, 1.807) is 61.5 Å². The maximum absolute atomic E-state index is 13.8. The number of carbonyl (C=O) groups is 2. The van der Waals surface area contributed by atoms with E-state index in [-0.39, 0.29) is 23.4 Å². The molecule has 0 bridgehead atoms. The maximum atomic E-state index is 13.8. The normalized spacial score (nSPS) is 12.9. The van der Waals surface area contributed by atoms with Gasteiger partial charge in [-0.05, 0) is 74.4 Å². The van der Waals surface area contributed by atoms with E-state index >= 15 is 0 Å². The number of hydrogen-bond donors (Lipinski definition) is 1. The highest BCUT2D eigenvalue weighted by Crippen LogP contribution is 2.25. The number of carbonyl (C=O) groups excluding carboxylic acids is 2. The van der Waals surface area contributed by atoms with Crippen LogP contribution in [-0.2, 0) is 26.2 Å². The molecular formula is C28H31Cl2N3O4S. The third-order valence-corrected chi connectivity index (χ3v) is 8.41. The van der Waals surface area contributed by atoms with Gasteiger partial charge in [0, 0.05) is 22.6 Å². The number of nitrogens with one attached hydrogen (secondary N) is 1. The lowest BCUT2D eigenvalue weighted by Gasteiger charge is -2.32. The van der Waals surface area contributed by atoms with Gasteiger partial charge >= 0.3 is 0 Å². The summed E-state index contributed by atoms with van der Waals surface area (Å²) in [6.07, 6.45) is 0.724. The van der Waals surface area contributed by atoms with E-state index in [9.17, 15) is 18.0 Å². The molecule has 0 aliphatic heterocycles. The molecule has 0 aromatic heterocycles. The molecule has 1 N–H and O–H groups in total. The van der Waals surface area contributed by atoms with Crippen LogP contribution in [0.25, 0.3) is 0 Å². The van der Waals surface area contributed by atoms with Gasteiger partial charge in [0.15, 0.2) is 0 Å². The van der Waals surface area contributed by atoms with E-state index in [4.69, 9.17) is 23.2 Å². The zero-order valence-corrected chi connectivity index (χ0v) is 23.8. The van der Waals surface area contributed by atoms with Gasteiger partial charge in [-0.2, -0.15) is 0 Å². The first-order valence-corrected chi connectivity index (χ1v) is 14.4. The Morgan fingerprint density at radius 2 is 1.55 bits per heavy atom. The van der Waals surface area contributed by atoms with Crippen LogP contribution in [0.3, 0.4) is 0 Å². The predicted octanol–water partition coefficient (Wildman–Crippen LogP) is 5.52. The van der Waals surface area contributed by atoms with E-state index in [0.717, 1.165) is 10.7 Å². The van der Waals surface area contributed by atoms with Crippen molar-refractivity contribution in [1.82, 2.24) is 10.2 Å². The summed E-state index contributed by atoms with van der Waals surface area (Å²) in [5.41, 5.74) is 1.02. The van der Waals surface area contributed by atoms with Crippen LogP contribution in [0.15, 0.2) is 83.8 Å². The molecule has 0 aliphatic rings. The molecule has 10 heteroatoms. The van der Waals surface area contributed by atoms with Gasteiger partial charge in [0.25, 0.3) is 10.0 Å². The molecule has 0 fully saturated rings. The molecule has 2 amide bonds. The van der Waals surface area contributed by atoms with Crippen LogP contribution in [0, 0.1) is 0 Å². The summed E-state index contributed by atoms with van der Waals surface area (Å²) in [7, 11) is -4.14. The predicted molar refractivity (Wildman–Crippen MR) is 152 cm³/mol. The number of amides is 2. The second kappa shape index (κ2) is 13.1. The highest BCUT2D eigenvalue weighted by Gasteiger charge is 2.32. The molecule has 202 valence electrons. The van der Waals surface area contributed by atoms with E-state index < -0.39 is 28.5 Å². The Hall–Kier alpha value is -3.07. The Morgan fingerprint density at radius 3 is 2.16 bits per heavy atom. The summed E-state index contributed by atoms with van der Waals surface area (Å²) in [5, 5.41) is 3.78. The minimum absolute atomic E-state index is 0.0116. The van der Waals surface area contributed by atoms with E-state index in [1.807, 2.05) is 13.8 Å². The largest absolute Gasteiger partial charge is 0.352 e. The number of sulfonamides is 1. The van der Waals surface area contributed by atoms with E-state index in [0.29, 0.717) is 21.3 Å². The molecule has 0 heterocycles. The molecule has 7 nitrogen and oxygen atoms in total. The average molecular weight is 577 g/mol. The fourth-order valence-electron chi connectivity index (χ4n) is 3.74. The standard InChI is InChI=1S/C28H31Cl2N3O4S/c1-4-20(2)31-28(35)21(3)32(18-22-9-8-10-24(30)17-22)27(34)19-33(25-11-6-5-7-12-25)38(36,37)26-15-13-23(29)14-16-26/h5-17,20-21H,4,18-19H2,1-3H3,(H,31,35)/t20-,21+/m0/s1. The van der Waals surface area contributed by atoms with Crippen LogP contribution in [0.1, 0.15) is 32.8 Å². The highest BCUT2D eigenvalue weighted by molar-refractivity contribution is 7.92. The molecule has 2 atom stereocenters. The number of rotatable bonds is 11. The molecule has 0 unspecified atom stereocenters. The fraction of sp³-hybridized carbons (Fsp3) is 0.286. The molecular weight excluding hydrogens is 545 g/mol. The summed E-state index contributed by atoms with van der Waals surface area (Å²) in [4.78, 5) is 28.2. The van der Waals surface area contributed by atoms with Gasteiger partial charge in [-0.15, -0.1) is 0 Å². The summed E-state index contributed by atoms with van der Waals surface area (Å²) in [6, 6.07) is 20.1. The SMILES string of the molecule is CC[C@H](C)NC(=O)[C@@H](C)N(Cc1cccc(Cl)c1)C(=O)CN(c1ccccc1)S(=O)(=O)c1ccc(Cl)cc1. The van der Waals surface area contributed by atoms with Gasteiger partial charge in [-0.25, -0.2) is 8.42 Å². The Kier molecular flexibility index (Phi) is 10.2. The summed E-state index contributed by atoms with van der Waals surface area (Å²) < 4.78 is 28.5. The number of nitrogens with zero attached hydrogens (tertiary/aromatic N) is 2. The Labute approximate surface area is 234 Å². The highest BCUT2D eigenvalue weighted by atomic mass is 35.5. The fourth-order valence-corrected chi connectivity index (χ4v) is 5.49. The number of hydrogen-bond acceptors (Lipinski definition) is 4. The zero-order valence-electron chi connectivity index (χ0n) is 21.5. The first-order valence-electron chi connectivity index (χ1n) is 12.2. The maximum Gasteiger partial charge on any atom is 0.264 e. The molecule has 0 saturated carbocycles. The lowest BCUT2D eigenvalue weighted by molar-refractivity contribution is -0.139. The van der Waals surface area contributed by atoms with Gasteiger partial charge in [-0.1, -0.05) is 60.5 Å². The first kappa shape index (κ1) is 29.5. The molecule has 0 aliphatic carbocycles. The van der Waals surface area contributed by atoms with Gasteiger partial charge in [-0.3, -0.25) is 13.9 Å². The molecule has 3 aromatic rings. The van der Waals surface area contributed by atoms with Crippen molar-refractivity contribution < 1.29 is 18.0 Å². The quantitative estimate of drug-likeness (QED) is 0.326. The smallest absolute Gasteiger partial charge is 0.264 e. The Balaban J connectivity index is 2.00. The molecule has 3 rings (SSSR count). The van der Waals surface area contributed by atoms with Gasteiger partial charge in [0.2, 0.25) is 11.8 Å². The third kappa shape index (κ3) is 7.49. The van der Waals surface area contributed by atoms with Crippen LogP contribution in [-0.4, -0.2) is 43.8 Å². The van der Waals surface area contributed by atoms with Crippen molar-refractivity contribution >= 4 is 50.7 Å². The molecule has 0 radical (unpaired) electrons. The minimum Gasteiger partial charge on any atom is -0.352 e. The minimum atomic E-state index is -4.14. The topological polar surface area (TPSA) is 86.8 Å². The van der Waals surface area contributed by atoms with Crippen LogP contribution < -0.4 is 9.62 Å². The van der Waals surface area contributed by atoms with Crippen molar-refractivity contribution in [1.29, 1.82) is 0 Å². The van der Waals surface area contributed by atoms with Crippen molar-refractivity contribution in [3.8, 4) is 0 Å². The second-order valence-corrected chi connectivity index (χ2v) is 11.7. The number of anilines is 1. The van der Waals surface area contributed by atoms with Crippen molar-refractivity contribution in [2.45, 2.75) is 50.7 Å². The average Bonchev–Trinajstić information content (AvgIpc) is 2.90. The molecule has 0 saturated heterocycles. The van der Waals surface area contributed by atoms with Crippen LogP contribution in [0.5, 0.6) is 0 Å².